The van der Waals surface area contributed by atoms with Gasteiger partial charge in [-0.1, -0.05) is 33.8 Å². The van der Waals surface area contributed by atoms with Crippen LogP contribution in [-0.2, 0) is 10.8 Å². The number of carbonyl (C=O) groups is 1. The van der Waals surface area contributed by atoms with Crippen molar-refractivity contribution in [3.63, 3.8) is 0 Å². The van der Waals surface area contributed by atoms with Crippen molar-refractivity contribution in [3.05, 3.63) is 34.9 Å². The number of carbonyl (C=O) groups excluding carboxylic acids is 1. The van der Waals surface area contributed by atoms with Crippen LogP contribution in [0.1, 0.15) is 74.9 Å². The number of amides is 1. The molecule has 140 valence electrons. The van der Waals surface area contributed by atoms with E-state index in [1.54, 1.807) is 0 Å². The molecule has 1 aliphatic heterocycles. The molecule has 0 saturated carbocycles. The molecule has 2 aliphatic rings. The molecule has 0 aromatic heterocycles. The zero-order chi connectivity index (χ0) is 17.5. The maximum Gasteiger partial charge on any atom is 0.253 e. The third kappa shape index (κ3) is 3.88. The Balaban J connectivity index is 0.00000225. The van der Waals surface area contributed by atoms with Crippen LogP contribution in [0.4, 0.5) is 0 Å². The van der Waals surface area contributed by atoms with Crippen molar-refractivity contribution in [2.75, 3.05) is 20.1 Å². The maximum absolute atomic E-state index is 13.0. The molecule has 1 aromatic carbocycles. The van der Waals surface area contributed by atoms with Gasteiger partial charge in [-0.15, -0.1) is 12.4 Å². The molecular formula is C21H33ClN2O. The number of hydrogen-bond acceptors (Lipinski definition) is 2. The fourth-order valence-electron chi connectivity index (χ4n) is 4.29. The number of benzene rings is 1. The Hall–Kier alpha value is -1.06. The smallest absolute Gasteiger partial charge is 0.253 e. The van der Waals surface area contributed by atoms with E-state index in [9.17, 15) is 4.79 Å². The summed E-state index contributed by atoms with van der Waals surface area (Å²) in [7, 11) is 1.97. The van der Waals surface area contributed by atoms with E-state index in [4.69, 9.17) is 0 Å². The van der Waals surface area contributed by atoms with Gasteiger partial charge in [0.05, 0.1) is 0 Å². The monoisotopic (exact) mass is 364 g/mol. The summed E-state index contributed by atoms with van der Waals surface area (Å²) >= 11 is 0. The summed E-state index contributed by atoms with van der Waals surface area (Å²) in [6, 6.07) is 6.79. The molecule has 0 radical (unpaired) electrons. The summed E-state index contributed by atoms with van der Waals surface area (Å²) in [6.07, 6.45) is 4.47. The first-order valence-corrected chi connectivity index (χ1v) is 9.35. The van der Waals surface area contributed by atoms with Crippen molar-refractivity contribution in [1.82, 2.24) is 10.2 Å². The van der Waals surface area contributed by atoms with E-state index in [0.29, 0.717) is 6.04 Å². The van der Waals surface area contributed by atoms with Gasteiger partial charge in [0.2, 0.25) is 0 Å². The second kappa shape index (κ2) is 7.28. The summed E-state index contributed by atoms with van der Waals surface area (Å²) in [5.41, 5.74) is 3.98. The highest BCUT2D eigenvalue weighted by atomic mass is 35.5. The Morgan fingerprint density at radius 3 is 2.20 bits per heavy atom. The highest BCUT2D eigenvalue weighted by molar-refractivity contribution is 5.94. The van der Waals surface area contributed by atoms with Crippen molar-refractivity contribution < 1.29 is 4.79 Å². The minimum absolute atomic E-state index is 0. The predicted octanol–water partition coefficient (Wildman–Crippen LogP) is 4.28. The molecule has 1 aliphatic carbocycles. The van der Waals surface area contributed by atoms with Crippen molar-refractivity contribution >= 4 is 18.3 Å². The second-order valence-electron chi connectivity index (χ2n) is 8.93. The number of halogens is 1. The van der Waals surface area contributed by atoms with Gasteiger partial charge in [0.25, 0.3) is 5.91 Å². The lowest BCUT2D eigenvalue weighted by molar-refractivity contribution is 0.0703. The molecule has 0 unspecified atom stereocenters. The minimum atomic E-state index is 0. The summed E-state index contributed by atoms with van der Waals surface area (Å²) in [6.45, 7) is 11.3. The molecule has 0 spiro atoms. The predicted molar refractivity (Wildman–Crippen MR) is 107 cm³/mol. The van der Waals surface area contributed by atoms with Crippen LogP contribution in [-0.4, -0.2) is 37.0 Å². The standard InChI is InChI=1S/C21H32N2O.ClH/c1-20(2)10-11-21(3,4)18-14-15(6-7-17(18)20)19(24)23(5)16-8-12-22-13-9-16;/h6-7,14,16,22H,8-13H2,1-5H3;1H. The number of rotatable bonds is 2. The lowest BCUT2D eigenvalue weighted by Crippen LogP contribution is -2.44. The number of piperidine rings is 1. The Kier molecular flexibility index (Phi) is 5.90. The van der Waals surface area contributed by atoms with Gasteiger partial charge in [0, 0.05) is 18.7 Å². The van der Waals surface area contributed by atoms with Crippen LogP contribution in [0.3, 0.4) is 0 Å². The zero-order valence-electron chi connectivity index (χ0n) is 16.3. The summed E-state index contributed by atoms with van der Waals surface area (Å²) in [5, 5.41) is 3.37. The molecule has 0 atom stereocenters. The number of fused-ring (bicyclic) bond motifs is 1. The van der Waals surface area contributed by atoms with Gasteiger partial charge >= 0.3 is 0 Å². The maximum atomic E-state index is 13.0. The Morgan fingerprint density at radius 2 is 1.60 bits per heavy atom. The highest BCUT2D eigenvalue weighted by Crippen LogP contribution is 2.45. The third-order valence-corrected chi connectivity index (χ3v) is 6.28. The lowest BCUT2D eigenvalue weighted by atomic mass is 9.63. The normalized spacial score (nSPS) is 21.8. The van der Waals surface area contributed by atoms with Crippen LogP contribution in [0.2, 0.25) is 0 Å². The molecule has 3 nitrogen and oxygen atoms in total. The summed E-state index contributed by atoms with van der Waals surface area (Å²) in [4.78, 5) is 15.0. The van der Waals surface area contributed by atoms with E-state index in [0.717, 1.165) is 31.5 Å². The first-order valence-electron chi connectivity index (χ1n) is 9.35. The average Bonchev–Trinajstić information content (AvgIpc) is 2.58. The average molecular weight is 365 g/mol. The molecule has 1 fully saturated rings. The molecule has 1 heterocycles. The van der Waals surface area contributed by atoms with E-state index in [2.05, 4.69) is 45.1 Å². The Bertz CT molecular complexity index is 633. The van der Waals surface area contributed by atoms with Crippen molar-refractivity contribution in [2.45, 2.75) is 70.3 Å². The van der Waals surface area contributed by atoms with Crippen molar-refractivity contribution in [2.24, 2.45) is 0 Å². The highest BCUT2D eigenvalue weighted by Gasteiger charge is 2.37. The van der Waals surface area contributed by atoms with E-state index in [1.165, 1.54) is 24.0 Å². The van der Waals surface area contributed by atoms with Crippen LogP contribution in [0.25, 0.3) is 0 Å². The van der Waals surface area contributed by atoms with Gasteiger partial charge in [-0.2, -0.15) is 0 Å². The topological polar surface area (TPSA) is 32.3 Å². The largest absolute Gasteiger partial charge is 0.339 e. The fourth-order valence-corrected chi connectivity index (χ4v) is 4.29. The van der Waals surface area contributed by atoms with Gasteiger partial charge in [-0.05, 0) is 72.9 Å². The van der Waals surface area contributed by atoms with Gasteiger partial charge in [-0.3, -0.25) is 4.79 Å². The van der Waals surface area contributed by atoms with Crippen LogP contribution in [0.5, 0.6) is 0 Å². The quantitative estimate of drug-likeness (QED) is 0.849. The van der Waals surface area contributed by atoms with E-state index < -0.39 is 0 Å². The van der Waals surface area contributed by atoms with Crippen LogP contribution in [0.15, 0.2) is 18.2 Å². The first kappa shape index (κ1) is 20.3. The molecular weight excluding hydrogens is 332 g/mol. The zero-order valence-corrected chi connectivity index (χ0v) is 17.1. The van der Waals surface area contributed by atoms with Gasteiger partial charge < -0.3 is 10.2 Å². The van der Waals surface area contributed by atoms with E-state index >= 15 is 0 Å². The molecule has 1 saturated heterocycles. The van der Waals surface area contributed by atoms with Crippen LogP contribution >= 0.6 is 12.4 Å². The van der Waals surface area contributed by atoms with E-state index in [-0.39, 0.29) is 29.1 Å². The summed E-state index contributed by atoms with van der Waals surface area (Å²) in [5.74, 6) is 0.170. The molecule has 1 aromatic rings. The van der Waals surface area contributed by atoms with E-state index in [1.807, 2.05) is 18.0 Å². The van der Waals surface area contributed by atoms with Crippen LogP contribution in [0, 0.1) is 0 Å². The molecule has 25 heavy (non-hydrogen) atoms. The molecule has 4 heteroatoms. The van der Waals surface area contributed by atoms with Gasteiger partial charge in [0.15, 0.2) is 0 Å². The SMILES string of the molecule is CN(C(=O)c1ccc2c(c1)C(C)(C)CCC2(C)C)C1CCNCC1.Cl. The lowest BCUT2D eigenvalue weighted by Gasteiger charge is -2.42. The minimum Gasteiger partial charge on any atom is -0.339 e. The van der Waals surface area contributed by atoms with Gasteiger partial charge in [0.1, 0.15) is 0 Å². The molecule has 3 rings (SSSR count). The first-order chi connectivity index (χ1) is 11.2. The third-order valence-electron chi connectivity index (χ3n) is 6.28. The Labute approximate surface area is 159 Å². The number of nitrogens with zero attached hydrogens (tertiary/aromatic N) is 1. The molecule has 0 bridgehead atoms. The van der Waals surface area contributed by atoms with Crippen molar-refractivity contribution in [3.8, 4) is 0 Å². The van der Waals surface area contributed by atoms with Crippen molar-refractivity contribution in [1.29, 1.82) is 0 Å². The summed E-state index contributed by atoms with van der Waals surface area (Å²) < 4.78 is 0. The number of nitrogens with one attached hydrogen (secondary N) is 1. The molecule has 1 N–H and O–H groups in total. The Morgan fingerprint density at radius 1 is 1.04 bits per heavy atom. The molecule has 1 amide bonds. The van der Waals surface area contributed by atoms with Gasteiger partial charge in [-0.25, -0.2) is 0 Å². The van der Waals surface area contributed by atoms with Crippen LogP contribution < -0.4 is 5.32 Å². The number of hydrogen-bond donors (Lipinski definition) is 1. The second-order valence-corrected chi connectivity index (χ2v) is 8.93. The fraction of sp³-hybridized carbons (Fsp3) is 0.667.